The third-order valence-corrected chi connectivity index (χ3v) is 5.32. The Morgan fingerprint density at radius 2 is 2.04 bits per heavy atom. The number of aliphatic imine (C=N–C) groups is 1. The second-order valence-electron chi connectivity index (χ2n) is 7.35. The summed E-state index contributed by atoms with van der Waals surface area (Å²) in [5.74, 6) is 2.33. The fourth-order valence-corrected chi connectivity index (χ4v) is 3.77. The van der Waals surface area contributed by atoms with E-state index in [2.05, 4.69) is 64.4 Å². The normalized spacial score (nSPS) is 20.5. The van der Waals surface area contributed by atoms with Crippen molar-refractivity contribution in [1.82, 2.24) is 15.1 Å². The van der Waals surface area contributed by atoms with Crippen LogP contribution in [0.5, 0.6) is 0 Å². The predicted octanol–water partition coefficient (Wildman–Crippen LogP) is 3.27. The first kappa shape index (κ1) is 24.2. The number of hydrogen-bond donors (Lipinski definition) is 1. The molecule has 0 spiro atoms. The molecule has 1 aromatic rings. The summed E-state index contributed by atoms with van der Waals surface area (Å²) in [5.41, 5.74) is 1.47. The van der Waals surface area contributed by atoms with Crippen molar-refractivity contribution < 1.29 is 4.74 Å². The molecular weight excluding hydrogens is 451 g/mol. The molecule has 0 saturated carbocycles. The van der Waals surface area contributed by atoms with Crippen molar-refractivity contribution in [2.24, 2.45) is 10.9 Å². The van der Waals surface area contributed by atoms with E-state index in [4.69, 9.17) is 4.74 Å². The number of benzene rings is 1. The van der Waals surface area contributed by atoms with Crippen LogP contribution in [-0.2, 0) is 4.74 Å². The van der Waals surface area contributed by atoms with Gasteiger partial charge < -0.3 is 19.9 Å². The quantitative estimate of drug-likeness (QED) is 0.264. The van der Waals surface area contributed by atoms with Crippen LogP contribution in [0.1, 0.15) is 31.2 Å². The minimum atomic E-state index is 0. The highest BCUT2D eigenvalue weighted by Crippen LogP contribution is 2.32. The van der Waals surface area contributed by atoms with E-state index in [0.717, 1.165) is 51.7 Å². The van der Waals surface area contributed by atoms with Crippen LogP contribution >= 0.6 is 24.0 Å². The average Bonchev–Trinajstić information content (AvgIpc) is 2.67. The van der Waals surface area contributed by atoms with Gasteiger partial charge in [0.2, 0.25) is 0 Å². The Bertz CT molecular complexity index is 540. The molecule has 2 rings (SSSR count). The number of halogens is 1. The van der Waals surface area contributed by atoms with Crippen LogP contribution in [-0.4, -0.2) is 76.3 Å². The minimum absolute atomic E-state index is 0. The number of guanidine groups is 1. The number of nitrogens with one attached hydrogen (secondary N) is 1. The van der Waals surface area contributed by atoms with Crippen LogP contribution in [0.2, 0.25) is 0 Å². The summed E-state index contributed by atoms with van der Waals surface area (Å²) in [6, 6.07) is 10.9. The van der Waals surface area contributed by atoms with Crippen molar-refractivity contribution in [3.63, 3.8) is 0 Å². The molecule has 5 nitrogen and oxygen atoms in total. The fourth-order valence-electron chi connectivity index (χ4n) is 3.77. The van der Waals surface area contributed by atoms with Gasteiger partial charge >= 0.3 is 0 Å². The van der Waals surface area contributed by atoms with Gasteiger partial charge in [0.15, 0.2) is 5.96 Å². The van der Waals surface area contributed by atoms with Crippen LogP contribution in [0.25, 0.3) is 0 Å². The molecule has 2 unspecified atom stereocenters. The summed E-state index contributed by atoms with van der Waals surface area (Å²) in [4.78, 5) is 9.23. The van der Waals surface area contributed by atoms with E-state index in [1.165, 1.54) is 12.0 Å². The van der Waals surface area contributed by atoms with Gasteiger partial charge in [-0.3, -0.25) is 4.99 Å². The van der Waals surface area contributed by atoms with E-state index in [1.807, 2.05) is 7.05 Å². The highest BCUT2D eigenvalue weighted by molar-refractivity contribution is 14.0. The first-order valence-corrected chi connectivity index (χ1v) is 9.83. The molecule has 1 aliphatic rings. The first-order chi connectivity index (χ1) is 12.7. The van der Waals surface area contributed by atoms with Gasteiger partial charge in [-0.25, -0.2) is 0 Å². The Labute approximate surface area is 182 Å². The lowest BCUT2D eigenvalue weighted by molar-refractivity contribution is 0.160. The van der Waals surface area contributed by atoms with Crippen molar-refractivity contribution in [2.75, 3.05) is 60.5 Å². The maximum atomic E-state index is 5.12. The Morgan fingerprint density at radius 3 is 2.67 bits per heavy atom. The molecule has 1 aromatic carbocycles. The lowest BCUT2D eigenvalue weighted by atomic mass is 9.82. The van der Waals surface area contributed by atoms with Gasteiger partial charge in [0.25, 0.3) is 0 Å². The summed E-state index contributed by atoms with van der Waals surface area (Å²) >= 11 is 0. The van der Waals surface area contributed by atoms with Gasteiger partial charge in [-0.2, -0.15) is 0 Å². The van der Waals surface area contributed by atoms with Crippen molar-refractivity contribution >= 4 is 29.9 Å². The van der Waals surface area contributed by atoms with Gasteiger partial charge in [0.1, 0.15) is 0 Å². The van der Waals surface area contributed by atoms with Crippen molar-refractivity contribution in [1.29, 1.82) is 0 Å². The summed E-state index contributed by atoms with van der Waals surface area (Å²) in [6.07, 6.45) is 2.29. The molecule has 6 heteroatoms. The Kier molecular flexibility index (Phi) is 11.9. The molecular formula is C21H37IN4O. The number of rotatable bonds is 8. The lowest BCUT2D eigenvalue weighted by Gasteiger charge is -2.39. The van der Waals surface area contributed by atoms with Gasteiger partial charge in [0.05, 0.1) is 6.61 Å². The number of ether oxygens (including phenoxy) is 1. The van der Waals surface area contributed by atoms with Gasteiger partial charge in [0, 0.05) is 40.3 Å². The zero-order valence-corrected chi connectivity index (χ0v) is 19.7. The number of methoxy groups -OCH3 is 1. The number of likely N-dealkylation sites (N-methyl/N-ethyl adjacent to an activating group) is 1. The van der Waals surface area contributed by atoms with E-state index in [9.17, 15) is 0 Å². The molecule has 1 heterocycles. The van der Waals surface area contributed by atoms with Crippen LogP contribution in [0.4, 0.5) is 0 Å². The molecule has 0 aromatic heterocycles. The van der Waals surface area contributed by atoms with Gasteiger partial charge in [-0.15, -0.1) is 24.0 Å². The largest absolute Gasteiger partial charge is 0.383 e. The van der Waals surface area contributed by atoms with Crippen LogP contribution in [0.15, 0.2) is 35.3 Å². The molecule has 1 aliphatic heterocycles. The minimum Gasteiger partial charge on any atom is -0.383 e. The number of hydrogen-bond acceptors (Lipinski definition) is 3. The maximum Gasteiger partial charge on any atom is 0.193 e. The average molecular weight is 488 g/mol. The summed E-state index contributed by atoms with van der Waals surface area (Å²) in [6.45, 7) is 8.29. The van der Waals surface area contributed by atoms with E-state index in [1.54, 1.807) is 7.11 Å². The zero-order chi connectivity index (χ0) is 18.8. The highest BCUT2D eigenvalue weighted by Gasteiger charge is 2.28. The highest BCUT2D eigenvalue weighted by atomic mass is 127. The molecule has 154 valence electrons. The van der Waals surface area contributed by atoms with E-state index in [0.29, 0.717) is 11.8 Å². The third-order valence-electron chi connectivity index (χ3n) is 5.32. The second-order valence-corrected chi connectivity index (χ2v) is 7.35. The van der Waals surface area contributed by atoms with Crippen LogP contribution < -0.4 is 5.32 Å². The summed E-state index contributed by atoms with van der Waals surface area (Å²) in [7, 11) is 5.78. The summed E-state index contributed by atoms with van der Waals surface area (Å²) in [5, 5.41) is 3.54. The predicted molar refractivity (Wildman–Crippen MR) is 125 cm³/mol. The molecule has 27 heavy (non-hydrogen) atoms. The number of piperidine rings is 1. The molecule has 2 atom stereocenters. The number of nitrogens with zero attached hydrogens (tertiary/aromatic N) is 3. The van der Waals surface area contributed by atoms with E-state index in [-0.39, 0.29) is 24.0 Å². The molecule has 1 fully saturated rings. The van der Waals surface area contributed by atoms with Gasteiger partial charge in [-0.1, -0.05) is 37.3 Å². The van der Waals surface area contributed by atoms with Gasteiger partial charge in [-0.05, 0) is 43.8 Å². The molecule has 1 N–H and O–H groups in total. The fraction of sp³-hybridized carbons (Fsp3) is 0.667. The molecule has 0 radical (unpaired) electrons. The monoisotopic (exact) mass is 488 g/mol. The third kappa shape index (κ3) is 7.95. The van der Waals surface area contributed by atoms with Crippen molar-refractivity contribution in [3.05, 3.63) is 35.9 Å². The lowest BCUT2D eigenvalue weighted by Crippen LogP contribution is -2.48. The molecule has 0 amide bonds. The first-order valence-electron chi connectivity index (χ1n) is 9.83. The Hall–Kier alpha value is -0.860. The standard InChI is InChI=1S/C21H36N4O.HI/c1-18-17-25(14-11-20(18)19-9-6-5-7-10-19)21(22-2)23-12-8-13-24(3)15-16-26-4;/h5-7,9-10,18,20H,8,11-17H2,1-4H3,(H,22,23);1H. The van der Waals surface area contributed by atoms with E-state index >= 15 is 0 Å². The molecule has 0 aliphatic carbocycles. The van der Waals surface area contributed by atoms with Crippen LogP contribution in [0.3, 0.4) is 0 Å². The SMILES string of the molecule is CN=C(NCCCN(C)CCOC)N1CCC(c2ccccc2)C(C)C1.I. The Morgan fingerprint density at radius 1 is 1.30 bits per heavy atom. The smallest absolute Gasteiger partial charge is 0.193 e. The second kappa shape index (κ2) is 13.3. The summed E-state index contributed by atoms with van der Waals surface area (Å²) < 4.78 is 5.12. The van der Waals surface area contributed by atoms with Crippen molar-refractivity contribution in [2.45, 2.75) is 25.7 Å². The van der Waals surface area contributed by atoms with Crippen LogP contribution in [0, 0.1) is 5.92 Å². The topological polar surface area (TPSA) is 40.1 Å². The van der Waals surface area contributed by atoms with E-state index < -0.39 is 0 Å². The number of likely N-dealkylation sites (tertiary alicyclic amines) is 1. The van der Waals surface area contributed by atoms with Crippen molar-refractivity contribution in [3.8, 4) is 0 Å². The molecule has 1 saturated heterocycles. The maximum absolute atomic E-state index is 5.12. The zero-order valence-electron chi connectivity index (χ0n) is 17.4. The molecule has 0 bridgehead atoms. The Balaban J connectivity index is 0.00000364.